The van der Waals surface area contributed by atoms with Crippen LogP contribution in [0.1, 0.15) is 57.6 Å². The highest BCUT2D eigenvalue weighted by Gasteiger charge is 2.35. The van der Waals surface area contributed by atoms with Crippen molar-refractivity contribution in [3.05, 3.63) is 35.9 Å². The molecule has 1 aliphatic heterocycles. The first-order chi connectivity index (χ1) is 10.3. The van der Waals surface area contributed by atoms with E-state index in [9.17, 15) is 0 Å². The second kappa shape index (κ2) is 6.93. The highest BCUT2D eigenvalue weighted by Crippen LogP contribution is 2.38. The average Bonchev–Trinajstić information content (AvgIpc) is 3.37. The van der Waals surface area contributed by atoms with E-state index in [0.29, 0.717) is 12.1 Å². The van der Waals surface area contributed by atoms with Crippen LogP contribution in [-0.2, 0) is 0 Å². The van der Waals surface area contributed by atoms with E-state index in [2.05, 4.69) is 54.4 Å². The molecule has 0 bridgehead atoms. The summed E-state index contributed by atoms with van der Waals surface area (Å²) in [5.74, 6) is 1.02. The van der Waals surface area contributed by atoms with Gasteiger partial charge in [-0.2, -0.15) is 0 Å². The van der Waals surface area contributed by atoms with Crippen LogP contribution in [0, 0.1) is 5.92 Å². The first kappa shape index (κ1) is 15.1. The molecule has 2 nitrogen and oxygen atoms in total. The van der Waals surface area contributed by atoms with E-state index < -0.39 is 0 Å². The molecular formula is C19H30N2. The molecule has 21 heavy (non-hydrogen) atoms. The van der Waals surface area contributed by atoms with Crippen LogP contribution in [0.2, 0.25) is 0 Å². The lowest BCUT2D eigenvalue weighted by Crippen LogP contribution is -2.55. The van der Waals surface area contributed by atoms with Gasteiger partial charge in [0.2, 0.25) is 0 Å². The fourth-order valence-corrected chi connectivity index (χ4v) is 3.78. The van der Waals surface area contributed by atoms with Crippen LogP contribution in [-0.4, -0.2) is 30.1 Å². The summed E-state index contributed by atoms with van der Waals surface area (Å²) in [5, 5.41) is 3.75. The minimum Gasteiger partial charge on any atom is -0.311 e. The summed E-state index contributed by atoms with van der Waals surface area (Å²) in [7, 11) is 0. The zero-order valence-corrected chi connectivity index (χ0v) is 13.6. The van der Waals surface area contributed by atoms with Gasteiger partial charge in [0.1, 0.15) is 0 Å². The number of rotatable bonds is 6. The Labute approximate surface area is 129 Å². The van der Waals surface area contributed by atoms with E-state index in [4.69, 9.17) is 0 Å². The van der Waals surface area contributed by atoms with Crippen molar-refractivity contribution in [1.82, 2.24) is 10.2 Å². The third-order valence-corrected chi connectivity index (χ3v) is 5.35. The molecule has 1 saturated carbocycles. The maximum atomic E-state index is 3.75. The van der Waals surface area contributed by atoms with Gasteiger partial charge in [-0.1, -0.05) is 57.0 Å². The van der Waals surface area contributed by atoms with Crippen molar-refractivity contribution in [2.24, 2.45) is 5.92 Å². The fraction of sp³-hybridized carbons (Fsp3) is 0.684. The predicted octanol–water partition coefficient (Wildman–Crippen LogP) is 3.99. The van der Waals surface area contributed by atoms with Gasteiger partial charge < -0.3 is 5.32 Å². The van der Waals surface area contributed by atoms with Crippen molar-refractivity contribution in [3.63, 3.8) is 0 Å². The van der Waals surface area contributed by atoms with Crippen LogP contribution in [0.25, 0.3) is 0 Å². The summed E-state index contributed by atoms with van der Waals surface area (Å²) >= 11 is 0. The molecule has 0 spiro atoms. The van der Waals surface area contributed by atoms with Gasteiger partial charge in [0.25, 0.3) is 0 Å². The Morgan fingerprint density at radius 2 is 1.95 bits per heavy atom. The molecule has 116 valence electrons. The van der Waals surface area contributed by atoms with Crippen LogP contribution in [0.3, 0.4) is 0 Å². The Bertz CT molecular complexity index is 426. The smallest absolute Gasteiger partial charge is 0.0476 e. The van der Waals surface area contributed by atoms with E-state index >= 15 is 0 Å². The van der Waals surface area contributed by atoms with E-state index in [1.54, 1.807) is 0 Å². The highest BCUT2D eigenvalue weighted by atomic mass is 15.3. The molecule has 2 heteroatoms. The topological polar surface area (TPSA) is 15.3 Å². The van der Waals surface area contributed by atoms with Crippen LogP contribution in [0.5, 0.6) is 0 Å². The minimum absolute atomic E-state index is 0.553. The number of hydrogen-bond donors (Lipinski definition) is 1. The maximum Gasteiger partial charge on any atom is 0.0476 e. The Morgan fingerprint density at radius 1 is 1.19 bits per heavy atom. The van der Waals surface area contributed by atoms with Gasteiger partial charge in [0.15, 0.2) is 0 Å². The van der Waals surface area contributed by atoms with Crippen molar-refractivity contribution >= 4 is 0 Å². The Kier molecular flexibility index (Phi) is 4.97. The largest absolute Gasteiger partial charge is 0.311 e. The molecule has 1 aromatic rings. The van der Waals surface area contributed by atoms with Crippen LogP contribution in [0.15, 0.2) is 30.3 Å². The average molecular weight is 286 g/mol. The summed E-state index contributed by atoms with van der Waals surface area (Å²) < 4.78 is 0. The third kappa shape index (κ3) is 3.67. The van der Waals surface area contributed by atoms with E-state index in [1.807, 2.05) is 0 Å². The molecule has 1 saturated heterocycles. The molecule has 1 aliphatic carbocycles. The predicted molar refractivity (Wildman–Crippen MR) is 89.4 cm³/mol. The van der Waals surface area contributed by atoms with Crippen LogP contribution in [0.4, 0.5) is 0 Å². The van der Waals surface area contributed by atoms with Crippen molar-refractivity contribution in [2.45, 2.75) is 64.1 Å². The molecule has 1 aromatic carbocycles. The van der Waals surface area contributed by atoms with Gasteiger partial charge in [0, 0.05) is 31.2 Å². The quantitative estimate of drug-likeness (QED) is 0.850. The molecule has 1 N–H and O–H groups in total. The molecular weight excluding hydrogens is 256 g/mol. The fourth-order valence-electron chi connectivity index (χ4n) is 3.78. The lowest BCUT2D eigenvalue weighted by atomic mass is 9.95. The van der Waals surface area contributed by atoms with Crippen molar-refractivity contribution in [2.75, 3.05) is 13.1 Å². The Balaban J connectivity index is 1.78. The number of hydrogen-bond acceptors (Lipinski definition) is 2. The van der Waals surface area contributed by atoms with Crippen molar-refractivity contribution in [3.8, 4) is 0 Å². The zero-order chi connectivity index (χ0) is 14.7. The molecule has 3 unspecified atom stereocenters. The molecule has 0 amide bonds. The molecule has 3 atom stereocenters. The minimum atomic E-state index is 0.553. The lowest BCUT2D eigenvalue weighted by molar-refractivity contribution is 0.0699. The van der Waals surface area contributed by atoms with Gasteiger partial charge in [-0.25, -0.2) is 0 Å². The first-order valence-electron chi connectivity index (χ1n) is 8.85. The SMILES string of the molecule is CCC1CN(C(CC)CC2CC2)C(c2ccccc2)CN1. The van der Waals surface area contributed by atoms with Crippen LogP contribution < -0.4 is 5.32 Å². The Morgan fingerprint density at radius 3 is 2.57 bits per heavy atom. The van der Waals surface area contributed by atoms with E-state index in [-0.39, 0.29) is 0 Å². The molecule has 2 aliphatic rings. The van der Waals surface area contributed by atoms with Crippen molar-refractivity contribution in [1.29, 1.82) is 0 Å². The lowest BCUT2D eigenvalue weighted by Gasteiger charge is -2.45. The summed E-state index contributed by atoms with van der Waals surface area (Å²) in [4.78, 5) is 2.82. The summed E-state index contributed by atoms with van der Waals surface area (Å²) in [6.07, 6.45) is 6.87. The van der Waals surface area contributed by atoms with Gasteiger partial charge >= 0.3 is 0 Å². The monoisotopic (exact) mass is 286 g/mol. The molecule has 0 aromatic heterocycles. The molecule has 0 radical (unpaired) electrons. The second-order valence-corrected chi connectivity index (χ2v) is 6.88. The number of nitrogens with zero attached hydrogens (tertiary/aromatic N) is 1. The number of nitrogens with one attached hydrogen (secondary N) is 1. The summed E-state index contributed by atoms with van der Waals surface area (Å²) in [6.45, 7) is 6.99. The normalized spacial score (nSPS) is 28.5. The highest BCUT2D eigenvalue weighted by molar-refractivity contribution is 5.20. The van der Waals surface area contributed by atoms with E-state index in [0.717, 1.165) is 18.5 Å². The van der Waals surface area contributed by atoms with E-state index in [1.165, 1.54) is 44.2 Å². The number of piperazine rings is 1. The van der Waals surface area contributed by atoms with Gasteiger partial charge in [-0.3, -0.25) is 4.90 Å². The number of benzene rings is 1. The van der Waals surface area contributed by atoms with Gasteiger partial charge in [0.05, 0.1) is 0 Å². The molecule has 3 rings (SSSR count). The molecule has 1 heterocycles. The van der Waals surface area contributed by atoms with Gasteiger partial charge in [-0.15, -0.1) is 0 Å². The second-order valence-electron chi connectivity index (χ2n) is 6.88. The molecule has 2 fully saturated rings. The van der Waals surface area contributed by atoms with Crippen LogP contribution >= 0.6 is 0 Å². The maximum absolute atomic E-state index is 3.75. The summed E-state index contributed by atoms with van der Waals surface area (Å²) in [5.41, 5.74) is 1.48. The third-order valence-electron chi connectivity index (χ3n) is 5.35. The first-order valence-corrected chi connectivity index (χ1v) is 8.85. The zero-order valence-electron chi connectivity index (χ0n) is 13.6. The van der Waals surface area contributed by atoms with Gasteiger partial charge in [-0.05, 0) is 30.7 Å². The van der Waals surface area contributed by atoms with Crippen molar-refractivity contribution < 1.29 is 0 Å². The standard InChI is InChI=1S/C19H30N2/c1-3-17-14-21(18(4-2)12-15-10-11-15)19(13-20-17)16-8-6-5-7-9-16/h5-9,15,17-20H,3-4,10-14H2,1-2H3. The Hall–Kier alpha value is -0.860. The summed E-state index contributed by atoms with van der Waals surface area (Å²) in [6, 6.07) is 13.1.